The number of nitrogens with one attached hydrogen (secondary N) is 1. The van der Waals surface area contributed by atoms with Gasteiger partial charge in [0.25, 0.3) is 5.91 Å². The molecule has 0 bridgehead atoms. The molecular weight excluding hydrogens is 443 g/mol. The number of hydrogen-bond acceptors (Lipinski definition) is 3. The molecular formula is C26H22Cl2N2O2. The highest BCUT2D eigenvalue weighted by atomic mass is 35.5. The Hall–Kier alpha value is -3.26. The average molecular weight is 465 g/mol. The molecule has 0 aliphatic carbocycles. The van der Waals surface area contributed by atoms with Gasteiger partial charge in [0.1, 0.15) is 17.4 Å². The second-order valence-corrected chi connectivity index (χ2v) is 8.19. The Kier molecular flexibility index (Phi) is 7.58. The van der Waals surface area contributed by atoms with E-state index < -0.39 is 5.91 Å². The number of nitriles is 1. The van der Waals surface area contributed by atoms with E-state index in [1.54, 1.807) is 25.3 Å². The molecule has 0 aliphatic rings. The molecule has 0 saturated carbocycles. The molecule has 1 amide bonds. The molecule has 0 aromatic heterocycles. The SMILES string of the molecule is COc1cc(/C=C(\C#N)C(=O)Nc2ccc(C)c(C)c2)cc(Cl)c1Cc1ccccc1Cl. The maximum absolute atomic E-state index is 12.6. The summed E-state index contributed by atoms with van der Waals surface area (Å²) in [6, 6.07) is 18.5. The summed E-state index contributed by atoms with van der Waals surface area (Å²) >= 11 is 12.8. The summed E-state index contributed by atoms with van der Waals surface area (Å²) in [6.45, 7) is 3.96. The number of carbonyl (C=O) groups is 1. The summed E-state index contributed by atoms with van der Waals surface area (Å²) in [7, 11) is 1.55. The molecule has 162 valence electrons. The van der Waals surface area contributed by atoms with Crippen LogP contribution in [-0.2, 0) is 11.2 Å². The van der Waals surface area contributed by atoms with Crippen molar-refractivity contribution in [1.29, 1.82) is 5.26 Å². The lowest BCUT2D eigenvalue weighted by Crippen LogP contribution is -2.13. The van der Waals surface area contributed by atoms with Crippen LogP contribution in [0.5, 0.6) is 5.75 Å². The fraction of sp³-hybridized carbons (Fsp3) is 0.154. The van der Waals surface area contributed by atoms with Gasteiger partial charge in [0.2, 0.25) is 0 Å². The summed E-state index contributed by atoms with van der Waals surface area (Å²) in [5.74, 6) is 0.0570. The number of methoxy groups -OCH3 is 1. The minimum Gasteiger partial charge on any atom is -0.496 e. The van der Waals surface area contributed by atoms with Crippen LogP contribution in [0.25, 0.3) is 6.08 Å². The van der Waals surface area contributed by atoms with E-state index in [1.165, 1.54) is 6.08 Å². The number of benzene rings is 3. The molecule has 3 rings (SSSR count). The zero-order valence-electron chi connectivity index (χ0n) is 18.0. The van der Waals surface area contributed by atoms with Crippen molar-refractivity contribution in [3.05, 3.63) is 98.0 Å². The number of rotatable bonds is 6. The van der Waals surface area contributed by atoms with Gasteiger partial charge in [-0.25, -0.2) is 0 Å². The molecule has 0 unspecified atom stereocenters. The monoisotopic (exact) mass is 464 g/mol. The highest BCUT2D eigenvalue weighted by Gasteiger charge is 2.15. The lowest BCUT2D eigenvalue weighted by Gasteiger charge is -2.13. The predicted molar refractivity (Wildman–Crippen MR) is 130 cm³/mol. The number of aryl methyl sites for hydroxylation is 2. The van der Waals surface area contributed by atoms with Gasteiger partial charge in [-0.3, -0.25) is 4.79 Å². The highest BCUT2D eigenvalue weighted by molar-refractivity contribution is 6.32. The van der Waals surface area contributed by atoms with E-state index in [1.807, 2.05) is 56.3 Å². The van der Waals surface area contributed by atoms with Gasteiger partial charge in [-0.2, -0.15) is 5.26 Å². The largest absolute Gasteiger partial charge is 0.496 e. The molecule has 3 aromatic carbocycles. The minimum atomic E-state index is -0.494. The third-order valence-electron chi connectivity index (χ3n) is 5.16. The predicted octanol–water partition coefficient (Wildman–Crippen LogP) is 6.76. The Morgan fingerprint density at radius 2 is 1.81 bits per heavy atom. The molecule has 6 heteroatoms. The zero-order valence-corrected chi connectivity index (χ0v) is 19.5. The summed E-state index contributed by atoms with van der Waals surface area (Å²) in [6.07, 6.45) is 1.98. The zero-order chi connectivity index (χ0) is 23.3. The van der Waals surface area contributed by atoms with Crippen LogP contribution in [0.2, 0.25) is 10.0 Å². The van der Waals surface area contributed by atoms with E-state index >= 15 is 0 Å². The number of carbonyl (C=O) groups excluding carboxylic acids is 1. The van der Waals surface area contributed by atoms with Gasteiger partial charge in [0, 0.05) is 27.7 Å². The average Bonchev–Trinajstić information content (AvgIpc) is 2.77. The van der Waals surface area contributed by atoms with Crippen molar-refractivity contribution < 1.29 is 9.53 Å². The first-order valence-corrected chi connectivity index (χ1v) is 10.7. The molecule has 0 atom stereocenters. The lowest BCUT2D eigenvalue weighted by atomic mass is 10.0. The molecule has 32 heavy (non-hydrogen) atoms. The Morgan fingerprint density at radius 1 is 1.06 bits per heavy atom. The van der Waals surface area contributed by atoms with Crippen LogP contribution < -0.4 is 10.1 Å². The normalized spacial score (nSPS) is 11.1. The van der Waals surface area contributed by atoms with Gasteiger partial charge in [-0.15, -0.1) is 0 Å². The van der Waals surface area contributed by atoms with Gasteiger partial charge >= 0.3 is 0 Å². The Labute approximate surface area is 198 Å². The summed E-state index contributed by atoms with van der Waals surface area (Å²) in [5, 5.41) is 13.4. The number of nitrogens with zero attached hydrogens (tertiary/aromatic N) is 1. The van der Waals surface area contributed by atoms with Crippen LogP contribution in [0, 0.1) is 25.2 Å². The van der Waals surface area contributed by atoms with Crippen LogP contribution in [-0.4, -0.2) is 13.0 Å². The first-order chi connectivity index (χ1) is 15.3. The molecule has 0 spiro atoms. The van der Waals surface area contributed by atoms with Crippen molar-refractivity contribution in [1.82, 2.24) is 0 Å². The minimum absolute atomic E-state index is 0.0415. The molecule has 0 fully saturated rings. The smallest absolute Gasteiger partial charge is 0.266 e. The second kappa shape index (κ2) is 10.4. The van der Waals surface area contributed by atoms with Gasteiger partial charge in [0.15, 0.2) is 0 Å². The Balaban J connectivity index is 1.89. The maximum Gasteiger partial charge on any atom is 0.266 e. The Morgan fingerprint density at radius 3 is 2.47 bits per heavy atom. The lowest BCUT2D eigenvalue weighted by molar-refractivity contribution is -0.112. The van der Waals surface area contributed by atoms with Crippen molar-refractivity contribution in [2.24, 2.45) is 0 Å². The number of hydrogen-bond donors (Lipinski definition) is 1. The summed E-state index contributed by atoms with van der Waals surface area (Å²) in [5.41, 5.74) is 5.04. The number of ether oxygens (including phenoxy) is 1. The van der Waals surface area contributed by atoms with Crippen molar-refractivity contribution in [3.8, 4) is 11.8 Å². The number of anilines is 1. The number of halogens is 2. The fourth-order valence-electron chi connectivity index (χ4n) is 3.23. The summed E-state index contributed by atoms with van der Waals surface area (Å²) < 4.78 is 5.53. The molecule has 0 radical (unpaired) electrons. The van der Waals surface area contributed by atoms with Gasteiger partial charge in [-0.1, -0.05) is 47.5 Å². The van der Waals surface area contributed by atoms with Crippen LogP contribution in [0.1, 0.15) is 27.8 Å². The second-order valence-electron chi connectivity index (χ2n) is 7.37. The van der Waals surface area contributed by atoms with Gasteiger partial charge in [-0.05, 0) is 72.5 Å². The van der Waals surface area contributed by atoms with Gasteiger partial charge in [0.05, 0.1) is 7.11 Å². The first kappa shape index (κ1) is 23.4. The van der Waals surface area contributed by atoms with Crippen LogP contribution in [0.15, 0.2) is 60.2 Å². The topological polar surface area (TPSA) is 62.1 Å². The third-order valence-corrected chi connectivity index (χ3v) is 5.87. The Bertz CT molecular complexity index is 1240. The van der Waals surface area contributed by atoms with Crippen molar-refractivity contribution in [2.45, 2.75) is 20.3 Å². The van der Waals surface area contributed by atoms with Crippen molar-refractivity contribution in [2.75, 3.05) is 12.4 Å². The molecule has 0 heterocycles. The van der Waals surface area contributed by atoms with Gasteiger partial charge < -0.3 is 10.1 Å². The molecule has 0 aliphatic heterocycles. The standard InChI is InChI=1S/C26H22Cl2N2O2/c1-16-8-9-21(10-17(16)2)30-26(31)20(15-29)11-18-12-24(28)22(25(13-18)32-3)14-19-6-4-5-7-23(19)27/h4-13H,14H2,1-3H3,(H,30,31)/b20-11+. The van der Waals surface area contributed by atoms with Crippen LogP contribution in [0.4, 0.5) is 5.69 Å². The van der Waals surface area contributed by atoms with E-state index in [2.05, 4.69) is 5.32 Å². The summed E-state index contributed by atoms with van der Waals surface area (Å²) in [4.78, 5) is 12.6. The molecule has 1 N–H and O–H groups in total. The first-order valence-electron chi connectivity index (χ1n) is 9.92. The van der Waals surface area contributed by atoms with Crippen LogP contribution >= 0.6 is 23.2 Å². The van der Waals surface area contributed by atoms with E-state index in [0.29, 0.717) is 33.5 Å². The van der Waals surface area contributed by atoms with Crippen LogP contribution in [0.3, 0.4) is 0 Å². The molecule has 3 aromatic rings. The maximum atomic E-state index is 12.6. The van der Waals surface area contributed by atoms with E-state index in [4.69, 9.17) is 27.9 Å². The van der Waals surface area contributed by atoms with E-state index in [9.17, 15) is 10.1 Å². The van der Waals surface area contributed by atoms with Crippen molar-refractivity contribution >= 4 is 40.9 Å². The van der Waals surface area contributed by atoms with Crippen molar-refractivity contribution in [3.63, 3.8) is 0 Å². The van der Waals surface area contributed by atoms with E-state index in [-0.39, 0.29) is 5.57 Å². The highest BCUT2D eigenvalue weighted by Crippen LogP contribution is 2.33. The number of amides is 1. The third kappa shape index (κ3) is 5.50. The molecule has 4 nitrogen and oxygen atoms in total. The fourth-order valence-corrected chi connectivity index (χ4v) is 3.72. The quantitative estimate of drug-likeness (QED) is 0.323. The van der Waals surface area contributed by atoms with E-state index in [0.717, 1.165) is 22.3 Å². The molecule has 0 saturated heterocycles.